The van der Waals surface area contributed by atoms with Crippen molar-refractivity contribution in [1.82, 2.24) is 14.5 Å². The van der Waals surface area contributed by atoms with Gasteiger partial charge in [0.1, 0.15) is 10.4 Å². The van der Waals surface area contributed by atoms with Gasteiger partial charge in [-0.3, -0.25) is 19.1 Å². The minimum Gasteiger partial charge on any atom is -0.495 e. The van der Waals surface area contributed by atoms with Crippen LogP contribution in [0.15, 0.2) is 58.5 Å². The van der Waals surface area contributed by atoms with Crippen LogP contribution in [0.1, 0.15) is 6.42 Å². The summed E-state index contributed by atoms with van der Waals surface area (Å²) < 4.78 is 14.2. The Morgan fingerprint density at radius 1 is 1.14 bits per heavy atom. The quantitative estimate of drug-likeness (QED) is 0.261. The summed E-state index contributed by atoms with van der Waals surface area (Å²) in [6.45, 7) is 4.75. The Bertz CT molecular complexity index is 1430. The number of thioether (sulfide) groups is 1. The summed E-state index contributed by atoms with van der Waals surface area (Å²) in [5.74, 6) is 0.538. The van der Waals surface area contributed by atoms with E-state index in [2.05, 4.69) is 10.2 Å². The predicted molar refractivity (Wildman–Crippen MR) is 146 cm³/mol. The first-order valence-electron chi connectivity index (χ1n) is 11.9. The first-order chi connectivity index (χ1) is 17.6. The molecule has 0 aliphatic carbocycles. The predicted octanol–water partition coefficient (Wildman–Crippen LogP) is 4.07. The summed E-state index contributed by atoms with van der Waals surface area (Å²) in [4.78, 5) is 33.6. The van der Waals surface area contributed by atoms with E-state index in [0.29, 0.717) is 33.4 Å². The van der Waals surface area contributed by atoms with Gasteiger partial charge in [-0.05, 0) is 24.6 Å². The fourth-order valence-corrected chi connectivity index (χ4v) is 6.21. The SMILES string of the molecule is COc1ccccc1NC(=O)CSc1nc2c(sc3ccccc32)c(=O)n1CCCN1CCOCC1. The molecule has 1 N–H and O–H groups in total. The van der Waals surface area contributed by atoms with Crippen LogP contribution in [0.2, 0.25) is 0 Å². The van der Waals surface area contributed by atoms with E-state index in [0.717, 1.165) is 49.4 Å². The van der Waals surface area contributed by atoms with Crippen molar-refractivity contribution in [1.29, 1.82) is 0 Å². The molecule has 1 amide bonds. The zero-order chi connectivity index (χ0) is 24.9. The zero-order valence-corrected chi connectivity index (χ0v) is 21.7. The summed E-state index contributed by atoms with van der Waals surface area (Å²) in [6, 6.07) is 15.2. The van der Waals surface area contributed by atoms with Gasteiger partial charge in [0.05, 0.1) is 37.3 Å². The molecule has 1 fully saturated rings. The number of fused-ring (bicyclic) bond motifs is 3. The van der Waals surface area contributed by atoms with Gasteiger partial charge in [-0.15, -0.1) is 11.3 Å². The van der Waals surface area contributed by atoms with Crippen LogP contribution in [0.25, 0.3) is 20.3 Å². The van der Waals surface area contributed by atoms with Crippen molar-refractivity contribution >= 4 is 55.0 Å². The topological polar surface area (TPSA) is 85.7 Å². The Balaban J connectivity index is 1.39. The zero-order valence-electron chi connectivity index (χ0n) is 20.1. The number of rotatable bonds is 9. The first kappa shape index (κ1) is 24.8. The summed E-state index contributed by atoms with van der Waals surface area (Å²) >= 11 is 2.76. The lowest BCUT2D eigenvalue weighted by atomic mass is 10.2. The monoisotopic (exact) mass is 524 g/mol. The van der Waals surface area contributed by atoms with E-state index < -0.39 is 0 Å². The number of carbonyl (C=O) groups excluding carboxylic acids is 1. The Kier molecular flexibility index (Phi) is 7.86. The van der Waals surface area contributed by atoms with Crippen LogP contribution in [0.3, 0.4) is 0 Å². The van der Waals surface area contributed by atoms with E-state index >= 15 is 0 Å². The molecule has 0 bridgehead atoms. The van der Waals surface area contributed by atoms with E-state index in [-0.39, 0.29) is 17.2 Å². The number of aromatic nitrogens is 2. The molecule has 10 heteroatoms. The van der Waals surface area contributed by atoms with Crippen LogP contribution in [0.4, 0.5) is 5.69 Å². The fourth-order valence-electron chi connectivity index (χ4n) is 4.30. The molecule has 1 aliphatic heterocycles. The van der Waals surface area contributed by atoms with E-state index in [9.17, 15) is 9.59 Å². The van der Waals surface area contributed by atoms with Gasteiger partial charge in [0.15, 0.2) is 5.16 Å². The third kappa shape index (κ3) is 5.41. The third-order valence-electron chi connectivity index (χ3n) is 6.12. The Morgan fingerprint density at radius 3 is 2.75 bits per heavy atom. The molecule has 0 saturated carbocycles. The second-order valence-electron chi connectivity index (χ2n) is 8.47. The lowest BCUT2D eigenvalue weighted by molar-refractivity contribution is -0.113. The van der Waals surface area contributed by atoms with Crippen molar-refractivity contribution in [2.24, 2.45) is 0 Å². The van der Waals surface area contributed by atoms with E-state index in [4.69, 9.17) is 14.5 Å². The highest BCUT2D eigenvalue weighted by Gasteiger charge is 2.18. The first-order valence-corrected chi connectivity index (χ1v) is 13.7. The maximum absolute atomic E-state index is 13.6. The average Bonchev–Trinajstić information content (AvgIpc) is 3.29. The van der Waals surface area contributed by atoms with Crippen LogP contribution in [0, 0.1) is 0 Å². The Hall–Kier alpha value is -2.92. The van der Waals surface area contributed by atoms with Crippen LogP contribution >= 0.6 is 23.1 Å². The number of carbonyl (C=O) groups is 1. The third-order valence-corrected chi connectivity index (χ3v) is 8.24. The molecular formula is C26H28N4O4S2. The molecule has 2 aromatic heterocycles. The van der Waals surface area contributed by atoms with Gasteiger partial charge in [-0.25, -0.2) is 4.98 Å². The molecule has 1 saturated heterocycles. The number of benzene rings is 2. The average molecular weight is 525 g/mol. The number of methoxy groups -OCH3 is 1. The lowest BCUT2D eigenvalue weighted by Gasteiger charge is -2.26. The van der Waals surface area contributed by atoms with Crippen molar-refractivity contribution in [2.45, 2.75) is 18.1 Å². The van der Waals surface area contributed by atoms with Gasteiger partial charge < -0.3 is 14.8 Å². The van der Waals surface area contributed by atoms with Crippen molar-refractivity contribution in [3.8, 4) is 5.75 Å². The number of ether oxygens (including phenoxy) is 2. The molecule has 188 valence electrons. The maximum atomic E-state index is 13.6. The molecule has 0 unspecified atom stereocenters. The fraction of sp³-hybridized carbons (Fsp3) is 0.346. The highest BCUT2D eigenvalue weighted by Crippen LogP contribution is 2.32. The second-order valence-corrected chi connectivity index (χ2v) is 10.5. The number of para-hydroxylation sites is 2. The molecule has 36 heavy (non-hydrogen) atoms. The molecule has 0 atom stereocenters. The maximum Gasteiger partial charge on any atom is 0.272 e. The Morgan fingerprint density at radius 2 is 1.92 bits per heavy atom. The minimum absolute atomic E-state index is 0.0455. The number of hydrogen-bond acceptors (Lipinski definition) is 8. The summed E-state index contributed by atoms with van der Waals surface area (Å²) in [5.41, 5.74) is 1.27. The number of nitrogens with one attached hydrogen (secondary N) is 1. The number of hydrogen-bond donors (Lipinski definition) is 1. The molecule has 4 aromatic rings. The number of amides is 1. The smallest absolute Gasteiger partial charge is 0.272 e. The molecule has 5 rings (SSSR count). The summed E-state index contributed by atoms with van der Waals surface area (Å²) in [5, 5.41) is 4.43. The highest BCUT2D eigenvalue weighted by atomic mass is 32.2. The molecule has 1 aliphatic rings. The van der Waals surface area contributed by atoms with Crippen LogP contribution in [-0.4, -0.2) is 66.1 Å². The number of anilines is 1. The molecular weight excluding hydrogens is 496 g/mol. The summed E-state index contributed by atoms with van der Waals surface area (Å²) in [6.07, 6.45) is 0.818. The van der Waals surface area contributed by atoms with Gasteiger partial charge in [0, 0.05) is 36.3 Å². The van der Waals surface area contributed by atoms with Crippen LogP contribution in [-0.2, 0) is 16.1 Å². The van der Waals surface area contributed by atoms with Crippen molar-refractivity contribution in [2.75, 3.05) is 51.0 Å². The molecule has 3 heterocycles. The highest BCUT2D eigenvalue weighted by molar-refractivity contribution is 7.99. The molecule has 0 spiro atoms. The van der Waals surface area contributed by atoms with Crippen molar-refractivity contribution in [3.63, 3.8) is 0 Å². The lowest BCUT2D eigenvalue weighted by Crippen LogP contribution is -2.37. The summed E-state index contributed by atoms with van der Waals surface area (Å²) in [7, 11) is 1.57. The normalized spacial score (nSPS) is 14.4. The van der Waals surface area contributed by atoms with E-state index in [1.807, 2.05) is 36.4 Å². The van der Waals surface area contributed by atoms with Crippen molar-refractivity contribution in [3.05, 3.63) is 58.9 Å². The second kappa shape index (κ2) is 11.4. The van der Waals surface area contributed by atoms with Gasteiger partial charge >= 0.3 is 0 Å². The molecule has 8 nitrogen and oxygen atoms in total. The number of thiophene rings is 1. The van der Waals surface area contributed by atoms with Crippen LogP contribution in [0.5, 0.6) is 5.75 Å². The van der Waals surface area contributed by atoms with Gasteiger partial charge in [0.2, 0.25) is 5.91 Å². The van der Waals surface area contributed by atoms with E-state index in [1.165, 1.54) is 23.1 Å². The van der Waals surface area contributed by atoms with Gasteiger partial charge in [-0.1, -0.05) is 42.1 Å². The van der Waals surface area contributed by atoms with Crippen molar-refractivity contribution < 1.29 is 14.3 Å². The largest absolute Gasteiger partial charge is 0.495 e. The van der Waals surface area contributed by atoms with E-state index in [1.54, 1.807) is 23.8 Å². The van der Waals surface area contributed by atoms with Gasteiger partial charge in [-0.2, -0.15) is 0 Å². The minimum atomic E-state index is -0.186. The van der Waals surface area contributed by atoms with Gasteiger partial charge in [0.25, 0.3) is 5.56 Å². The number of nitrogens with zero attached hydrogens (tertiary/aromatic N) is 3. The Labute approximate surface area is 217 Å². The standard InChI is InChI=1S/C26H28N4O4S2/c1-33-20-9-4-3-8-19(20)27-22(31)17-35-26-28-23-18-7-2-5-10-21(18)36-24(23)25(32)30(26)12-6-11-29-13-15-34-16-14-29/h2-5,7-10H,6,11-17H2,1H3,(H,27,31). The molecule has 2 aromatic carbocycles. The molecule has 0 radical (unpaired) electrons. The van der Waals surface area contributed by atoms with Crippen LogP contribution < -0.4 is 15.6 Å². The number of morpholine rings is 1.